The molecule has 0 radical (unpaired) electrons. The zero-order valence-corrected chi connectivity index (χ0v) is 16.1. The Labute approximate surface area is 161 Å². The van der Waals surface area contributed by atoms with Crippen molar-refractivity contribution in [2.45, 2.75) is 23.6 Å². The predicted molar refractivity (Wildman–Crippen MR) is 108 cm³/mol. The second kappa shape index (κ2) is 8.56. The van der Waals surface area contributed by atoms with Gasteiger partial charge in [-0.25, -0.2) is 0 Å². The van der Waals surface area contributed by atoms with E-state index in [-0.39, 0.29) is 11.9 Å². The van der Waals surface area contributed by atoms with Crippen LogP contribution in [0, 0.1) is 0 Å². The fourth-order valence-electron chi connectivity index (χ4n) is 2.34. The van der Waals surface area contributed by atoms with Crippen molar-refractivity contribution in [3.63, 3.8) is 0 Å². The summed E-state index contributed by atoms with van der Waals surface area (Å²) in [6, 6.07) is 19.7. The molecule has 128 valence electrons. The fourth-order valence-corrected chi connectivity index (χ4v) is 4.05. The highest BCUT2D eigenvalue weighted by atomic mass is 35.5. The van der Waals surface area contributed by atoms with Gasteiger partial charge in [0.05, 0.1) is 6.04 Å². The minimum absolute atomic E-state index is 0.0210. The number of hydrogen-bond acceptors (Lipinski definition) is 3. The summed E-state index contributed by atoms with van der Waals surface area (Å²) in [7, 11) is 0. The first-order valence-corrected chi connectivity index (χ1v) is 10.2. The zero-order chi connectivity index (χ0) is 17.6. The quantitative estimate of drug-likeness (QED) is 0.511. The van der Waals surface area contributed by atoms with Crippen LogP contribution < -0.4 is 5.32 Å². The highest BCUT2D eigenvalue weighted by molar-refractivity contribution is 7.98. The van der Waals surface area contributed by atoms with Crippen LogP contribution in [0.2, 0.25) is 5.02 Å². The summed E-state index contributed by atoms with van der Waals surface area (Å²) in [5.41, 5.74) is 1.87. The molecule has 3 rings (SSSR count). The molecule has 1 amide bonds. The third-order valence-corrected chi connectivity index (χ3v) is 6.14. The lowest BCUT2D eigenvalue weighted by Crippen LogP contribution is -2.26. The van der Waals surface area contributed by atoms with Crippen LogP contribution >= 0.6 is 34.7 Å². The largest absolute Gasteiger partial charge is 0.345 e. The van der Waals surface area contributed by atoms with Crippen LogP contribution in [0.1, 0.15) is 33.8 Å². The molecule has 5 heteroatoms. The standard InChI is InChI=1S/C20H18ClNOS2/c1-14(19-3-2-12-24-19)22-20(23)16-6-4-15(5-7-16)13-25-18-10-8-17(21)9-11-18/h2-12,14H,13H2,1H3,(H,22,23). The molecule has 1 unspecified atom stereocenters. The number of nitrogens with one attached hydrogen (secondary N) is 1. The molecule has 2 nitrogen and oxygen atoms in total. The summed E-state index contributed by atoms with van der Waals surface area (Å²) >= 11 is 9.30. The molecule has 1 aromatic heterocycles. The molecular weight excluding hydrogens is 370 g/mol. The summed E-state index contributed by atoms with van der Waals surface area (Å²) in [4.78, 5) is 14.7. The van der Waals surface area contributed by atoms with E-state index in [1.54, 1.807) is 23.1 Å². The van der Waals surface area contributed by atoms with Gasteiger partial charge in [0.15, 0.2) is 0 Å². The molecule has 1 N–H and O–H groups in total. The number of amides is 1. The van der Waals surface area contributed by atoms with Gasteiger partial charge < -0.3 is 5.32 Å². The van der Waals surface area contributed by atoms with Crippen LogP contribution in [-0.2, 0) is 5.75 Å². The van der Waals surface area contributed by atoms with Crippen molar-refractivity contribution in [1.29, 1.82) is 0 Å². The summed E-state index contributed by atoms with van der Waals surface area (Å²) in [5.74, 6) is 0.813. The van der Waals surface area contributed by atoms with E-state index in [9.17, 15) is 4.79 Å². The second-order valence-electron chi connectivity index (χ2n) is 5.65. The number of benzene rings is 2. The Hall–Kier alpha value is -1.75. The first kappa shape index (κ1) is 18.1. The lowest BCUT2D eigenvalue weighted by molar-refractivity contribution is 0.0940. The van der Waals surface area contributed by atoms with Gasteiger partial charge >= 0.3 is 0 Å². The normalized spacial score (nSPS) is 11.9. The molecule has 1 atom stereocenters. The molecule has 0 bridgehead atoms. The number of rotatable bonds is 6. The maximum absolute atomic E-state index is 12.3. The van der Waals surface area contributed by atoms with Crippen molar-refractivity contribution in [1.82, 2.24) is 5.32 Å². The number of carbonyl (C=O) groups is 1. The number of halogens is 1. The van der Waals surface area contributed by atoms with Crippen LogP contribution in [0.15, 0.2) is 70.9 Å². The number of carbonyl (C=O) groups excluding carboxylic acids is 1. The van der Waals surface area contributed by atoms with Gasteiger partial charge in [-0.3, -0.25) is 4.79 Å². The highest BCUT2D eigenvalue weighted by Gasteiger charge is 2.12. The van der Waals surface area contributed by atoms with Gasteiger partial charge in [-0.1, -0.05) is 29.8 Å². The Bertz CT molecular complexity index is 814. The van der Waals surface area contributed by atoms with Crippen molar-refractivity contribution in [2.75, 3.05) is 0 Å². The highest BCUT2D eigenvalue weighted by Crippen LogP contribution is 2.24. The minimum atomic E-state index is -0.0437. The van der Waals surface area contributed by atoms with Crippen molar-refractivity contribution >= 4 is 40.6 Å². The third-order valence-electron chi connectivity index (χ3n) is 3.75. The molecule has 1 heterocycles. The maximum atomic E-state index is 12.3. The lowest BCUT2D eigenvalue weighted by Gasteiger charge is -2.12. The minimum Gasteiger partial charge on any atom is -0.345 e. The Morgan fingerprint density at radius 3 is 2.48 bits per heavy atom. The van der Waals surface area contributed by atoms with Crippen LogP contribution in [-0.4, -0.2) is 5.91 Å². The molecule has 0 aliphatic heterocycles. The van der Waals surface area contributed by atoms with E-state index < -0.39 is 0 Å². The molecule has 3 aromatic rings. The van der Waals surface area contributed by atoms with Crippen molar-refractivity contribution in [3.8, 4) is 0 Å². The van der Waals surface area contributed by atoms with E-state index in [4.69, 9.17) is 11.6 Å². The fraction of sp³-hybridized carbons (Fsp3) is 0.150. The molecule has 0 fully saturated rings. The predicted octanol–water partition coefficient (Wildman–Crippen LogP) is 6.18. The van der Waals surface area contributed by atoms with Gasteiger partial charge in [-0.15, -0.1) is 23.1 Å². The zero-order valence-electron chi connectivity index (χ0n) is 13.7. The Balaban J connectivity index is 1.56. The van der Waals surface area contributed by atoms with Crippen molar-refractivity contribution < 1.29 is 4.79 Å². The van der Waals surface area contributed by atoms with E-state index in [0.717, 1.165) is 15.7 Å². The van der Waals surface area contributed by atoms with Gasteiger partial charge in [0, 0.05) is 26.1 Å². The first-order chi connectivity index (χ1) is 12.1. The molecule has 0 saturated heterocycles. The number of thiophene rings is 1. The average molecular weight is 388 g/mol. The van der Waals surface area contributed by atoms with E-state index in [2.05, 4.69) is 5.32 Å². The third kappa shape index (κ3) is 5.11. The van der Waals surface area contributed by atoms with E-state index >= 15 is 0 Å². The van der Waals surface area contributed by atoms with Crippen molar-refractivity contribution in [3.05, 3.63) is 87.1 Å². The molecule has 0 spiro atoms. The monoisotopic (exact) mass is 387 g/mol. The molecule has 0 aliphatic carbocycles. The van der Waals surface area contributed by atoms with Gasteiger partial charge in [-0.2, -0.15) is 0 Å². The Morgan fingerprint density at radius 1 is 1.12 bits per heavy atom. The van der Waals surface area contributed by atoms with Gasteiger partial charge in [0.1, 0.15) is 0 Å². The number of thioether (sulfide) groups is 1. The maximum Gasteiger partial charge on any atom is 0.251 e. The van der Waals surface area contributed by atoms with E-state index in [1.807, 2.05) is 73.0 Å². The Morgan fingerprint density at radius 2 is 1.84 bits per heavy atom. The smallest absolute Gasteiger partial charge is 0.251 e. The first-order valence-electron chi connectivity index (χ1n) is 7.93. The van der Waals surface area contributed by atoms with E-state index in [1.165, 1.54) is 10.5 Å². The van der Waals surface area contributed by atoms with Crippen LogP contribution in [0.5, 0.6) is 0 Å². The average Bonchev–Trinajstić information content (AvgIpc) is 3.16. The van der Waals surface area contributed by atoms with Gasteiger partial charge in [0.25, 0.3) is 5.91 Å². The van der Waals surface area contributed by atoms with E-state index in [0.29, 0.717) is 5.56 Å². The molecular formula is C20H18ClNOS2. The van der Waals surface area contributed by atoms with Crippen LogP contribution in [0.25, 0.3) is 0 Å². The summed E-state index contributed by atoms with van der Waals surface area (Å²) in [5, 5.41) is 5.80. The second-order valence-corrected chi connectivity index (χ2v) is 8.11. The molecule has 0 aliphatic rings. The summed E-state index contributed by atoms with van der Waals surface area (Å²) < 4.78 is 0. The van der Waals surface area contributed by atoms with Gasteiger partial charge in [0.2, 0.25) is 0 Å². The Kier molecular flexibility index (Phi) is 6.19. The van der Waals surface area contributed by atoms with Gasteiger partial charge in [-0.05, 0) is 60.3 Å². The lowest BCUT2D eigenvalue weighted by atomic mass is 10.1. The van der Waals surface area contributed by atoms with Crippen LogP contribution in [0.4, 0.5) is 0 Å². The SMILES string of the molecule is CC(NC(=O)c1ccc(CSc2ccc(Cl)cc2)cc1)c1cccs1. The van der Waals surface area contributed by atoms with Crippen molar-refractivity contribution in [2.24, 2.45) is 0 Å². The van der Waals surface area contributed by atoms with Crippen LogP contribution in [0.3, 0.4) is 0 Å². The topological polar surface area (TPSA) is 29.1 Å². The number of hydrogen-bond donors (Lipinski definition) is 1. The summed E-state index contributed by atoms with van der Waals surface area (Å²) in [6.07, 6.45) is 0. The molecule has 2 aromatic carbocycles. The summed E-state index contributed by atoms with van der Waals surface area (Å²) in [6.45, 7) is 2.00. The molecule has 0 saturated carbocycles. The molecule has 25 heavy (non-hydrogen) atoms.